The Balaban J connectivity index is 1.30. The lowest BCUT2D eigenvalue weighted by atomic mass is 9.98. The van der Waals surface area contributed by atoms with Crippen LogP contribution in [0.4, 0.5) is 0 Å². The maximum atomic E-state index is 5.04. The Hall–Kier alpha value is -6.26. The molecule has 0 radical (unpaired) electrons. The van der Waals surface area contributed by atoms with Gasteiger partial charge in [-0.2, -0.15) is 0 Å². The van der Waals surface area contributed by atoms with E-state index in [0.717, 1.165) is 44.9 Å². The Morgan fingerprint density at radius 2 is 1.21 bits per heavy atom. The topological polar surface area (TPSA) is 35.6 Å². The Labute approximate surface area is 272 Å². The first-order valence-corrected chi connectivity index (χ1v) is 15.9. The SMILES string of the molecule is Cn1c(-c2ccc3c4cccc(-c5ccc(-c6ccccc6)cc5)c4n(-c4cccc(-c5ccccn5)c4)c3c2)nc2ccccc21. The fourth-order valence-corrected chi connectivity index (χ4v) is 6.92. The van der Waals surface area contributed by atoms with Crippen molar-refractivity contribution in [1.82, 2.24) is 19.1 Å². The van der Waals surface area contributed by atoms with Crippen LogP contribution in [0.5, 0.6) is 0 Å². The van der Waals surface area contributed by atoms with Crippen molar-refractivity contribution in [2.75, 3.05) is 0 Å². The number of para-hydroxylation sites is 3. The van der Waals surface area contributed by atoms with E-state index in [9.17, 15) is 0 Å². The first-order chi connectivity index (χ1) is 23.2. The fraction of sp³-hybridized carbons (Fsp3) is 0.0233. The Bertz CT molecular complexity index is 2560. The van der Waals surface area contributed by atoms with E-state index in [1.807, 2.05) is 24.4 Å². The van der Waals surface area contributed by atoms with E-state index in [4.69, 9.17) is 4.98 Å². The molecule has 0 unspecified atom stereocenters. The van der Waals surface area contributed by atoms with Gasteiger partial charge in [-0.05, 0) is 59.2 Å². The van der Waals surface area contributed by atoms with Gasteiger partial charge in [-0.15, -0.1) is 0 Å². The smallest absolute Gasteiger partial charge is 0.140 e. The number of benzene rings is 6. The number of nitrogens with zero attached hydrogens (tertiary/aromatic N) is 4. The quantitative estimate of drug-likeness (QED) is 0.196. The third-order valence-corrected chi connectivity index (χ3v) is 9.20. The second-order valence-corrected chi connectivity index (χ2v) is 12.0. The molecule has 9 aromatic rings. The van der Waals surface area contributed by atoms with Gasteiger partial charge in [0.1, 0.15) is 5.82 Å². The van der Waals surface area contributed by atoms with E-state index in [1.165, 1.54) is 38.5 Å². The molecule has 0 fully saturated rings. The minimum absolute atomic E-state index is 0.948. The third kappa shape index (κ3) is 4.53. The number of imidazole rings is 1. The molecule has 0 aliphatic carbocycles. The van der Waals surface area contributed by atoms with Crippen molar-refractivity contribution in [3.05, 3.63) is 164 Å². The van der Waals surface area contributed by atoms with Gasteiger partial charge in [0, 0.05) is 46.4 Å². The van der Waals surface area contributed by atoms with E-state index >= 15 is 0 Å². The molecule has 3 aromatic heterocycles. The van der Waals surface area contributed by atoms with E-state index in [-0.39, 0.29) is 0 Å². The van der Waals surface area contributed by atoms with Gasteiger partial charge in [0.15, 0.2) is 0 Å². The van der Waals surface area contributed by atoms with Crippen molar-refractivity contribution >= 4 is 32.8 Å². The van der Waals surface area contributed by atoms with Crippen LogP contribution in [0.3, 0.4) is 0 Å². The van der Waals surface area contributed by atoms with Crippen molar-refractivity contribution < 1.29 is 0 Å². The Kier molecular flexibility index (Phi) is 6.32. The Morgan fingerprint density at radius 1 is 0.489 bits per heavy atom. The molecule has 9 rings (SSSR count). The number of hydrogen-bond acceptors (Lipinski definition) is 2. The third-order valence-electron chi connectivity index (χ3n) is 9.20. The molecule has 6 aromatic carbocycles. The average Bonchev–Trinajstić information content (AvgIpc) is 3.67. The predicted molar refractivity (Wildman–Crippen MR) is 195 cm³/mol. The summed E-state index contributed by atoms with van der Waals surface area (Å²) in [6.45, 7) is 0. The molecule has 3 heterocycles. The molecule has 47 heavy (non-hydrogen) atoms. The summed E-state index contributed by atoms with van der Waals surface area (Å²) in [6, 6.07) is 56.0. The van der Waals surface area contributed by atoms with Crippen LogP contribution in [0, 0.1) is 0 Å². The molecular weight excluding hydrogens is 573 g/mol. The molecule has 0 atom stereocenters. The van der Waals surface area contributed by atoms with E-state index in [0.29, 0.717) is 0 Å². The maximum absolute atomic E-state index is 5.04. The highest BCUT2D eigenvalue weighted by atomic mass is 15.1. The molecule has 0 spiro atoms. The van der Waals surface area contributed by atoms with Crippen LogP contribution in [-0.2, 0) is 7.05 Å². The molecule has 222 valence electrons. The van der Waals surface area contributed by atoms with Gasteiger partial charge in [-0.25, -0.2) is 4.98 Å². The zero-order chi connectivity index (χ0) is 31.3. The summed E-state index contributed by atoms with van der Waals surface area (Å²) in [5.41, 5.74) is 13.4. The van der Waals surface area contributed by atoms with Gasteiger partial charge < -0.3 is 9.13 Å². The van der Waals surface area contributed by atoms with E-state index < -0.39 is 0 Å². The van der Waals surface area contributed by atoms with Crippen molar-refractivity contribution in [2.24, 2.45) is 7.05 Å². The van der Waals surface area contributed by atoms with Crippen LogP contribution < -0.4 is 0 Å². The lowest BCUT2D eigenvalue weighted by Crippen LogP contribution is -1.97. The maximum Gasteiger partial charge on any atom is 0.140 e. The molecule has 0 N–H and O–H groups in total. The van der Waals surface area contributed by atoms with Crippen molar-refractivity contribution in [3.63, 3.8) is 0 Å². The summed E-state index contributed by atoms with van der Waals surface area (Å²) < 4.78 is 4.61. The Morgan fingerprint density at radius 3 is 2.04 bits per heavy atom. The van der Waals surface area contributed by atoms with Gasteiger partial charge in [0.2, 0.25) is 0 Å². The fourth-order valence-electron chi connectivity index (χ4n) is 6.92. The van der Waals surface area contributed by atoms with Crippen molar-refractivity contribution in [1.29, 1.82) is 0 Å². The number of pyridine rings is 1. The molecule has 0 saturated heterocycles. The van der Waals surface area contributed by atoms with E-state index in [1.54, 1.807) is 0 Å². The van der Waals surface area contributed by atoms with Gasteiger partial charge in [-0.3, -0.25) is 4.98 Å². The van der Waals surface area contributed by atoms with Crippen LogP contribution in [0.2, 0.25) is 0 Å². The normalized spacial score (nSPS) is 11.5. The molecule has 0 saturated carbocycles. The van der Waals surface area contributed by atoms with Crippen LogP contribution in [-0.4, -0.2) is 19.1 Å². The first kappa shape index (κ1) is 27.1. The second-order valence-electron chi connectivity index (χ2n) is 12.0. The zero-order valence-electron chi connectivity index (χ0n) is 25.9. The molecule has 4 nitrogen and oxygen atoms in total. The number of aryl methyl sites for hydroxylation is 1. The standard InChI is InChI=1S/C43H30N4/c1-46-40-19-6-5-18-39(40)45-43(46)33-24-25-36-37-16-10-15-35(31-22-20-30(21-23-31)29-11-3-2-4-12-29)42(37)47(41(36)28-33)34-14-9-13-32(27-34)38-17-7-8-26-44-38/h2-28H,1H3. The van der Waals surface area contributed by atoms with Gasteiger partial charge in [0.25, 0.3) is 0 Å². The van der Waals surface area contributed by atoms with Crippen LogP contribution in [0.15, 0.2) is 164 Å². The lowest BCUT2D eigenvalue weighted by Gasteiger charge is -2.14. The highest BCUT2D eigenvalue weighted by Gasteiger charge is 2.19. The summed E-state index contributed by atoms with van der Waals surface area (Å²) in [4.78, 5) is 9.70. The van der Waals surface area contributed by atoms with Gasteiger partial charge >= 0.3 is 0 Å². The molecule has 0 aliphatic heterocycles. The van der Waals surface area contributed by atoms with Crippen LogP contribution in [0.25, 0.3) is 83.4 Å². The van der Waals surface area contributed by atoms with Crippen molar-refractivity contribution in [2.45, 2.75) is 0 Å². The lowest BCUT2D eigenvalue weighted by molar-refractivity contribution is 0.959. The minimum atomic E-state index is 0.948. The number of fused-ring (bicyclic) bond motifs is 4. The predicted octanol–water partition coefficient (Wildman–Crippen LogP) is 10.7. The average molecular weight is 603 g/mol. The minimum Gasteiger partial charge on any atom is -0.327 e. The number of hydrogen-bond donors (Lipinski definition) is 0. The monoisotopic (exact) mass is 602 g/mol. The summed E-state index contributed by atoms with van der Waals surface area (Å²) in [6.07, 6.45) is 1.85. The highest BCUT2D eigenvalue weighted by molar-refractivity contribution is 6.14. The second kappa shape index (κ2) is 11.0. The molecular formula is C43H30N4. The number of rotatable bonds is 5. The zero-order valence-corrected chi connectivity index (χ0v) is 25.9. The molecule has 0 amide bonds. The van der Waals surface area contributed by atoms with Gasteiger partial charge in [0.05, 0.1) is 27.8 Å². The molecule has 4 heteroatoms. The van der Waals surface area contributed by atoms with Crippen LogP contribution in [0.1, 0.15) is 0 Å². The van der Waals surface area contributed by atoms with Crippen LogP contribution >= 0.6 is 0 Å². The van der Waals surface area contributed by atoms with Crippen molar-refractivity contribution in [3.8, 4) is 50.6 Å². The molecule has 0 aliphatic rings. The largest absolute Gasteiger partial charge is 0.327 e. The molecule has 0 bridgehead atoms. The first-order valence-electron chi connectivity index (χ1n) is 15.9. The van der Waals surface area contributed by atoms with Gasteiger partial charge in [-0.1, -0.05) is 115 Å². The van der Waals surface area contributed by atoms with E-state index in [2.05, 4.69) is 161 Å². The summed E-state index contributed by atoms with van der Waals surface area (Å²) >= 11 is 0. The summed E-state index contributed by atoms with van der Waals surface area (Å²) in [5.74, 6) is 0.948. The summed E-state index contributed by atoms with van der Waals surface area (Å²) in [7, 11) is 2.10. The summed E-state index contributed by atoms with van der Waals surface area (Å²) in [5, 5.41) is 2.41. The highest BCUT2D eigenvalue weighted by Crippen LogP contribution is 2.40. The number of aromatic nitrogens is 4.